The van der Waals surface area contributed by atoms with Gasteiger partial charge in [-0.05, 0) is 42.5 Å². The lowest BCUT2D eigenvalue weighted by molar-refractivity contribution is -0.137. The van der Waals surface area contributed by atoms with E-state index in [9.17, 15) is 22.8 Å². The number of hydrogen-bond acceptors (Lipinski definition) is 5. The van der Waals surface area contributed by atoms with E-state index in [0.717, 1.165) is 12.1 Å². The zero-order valence-corrected chi connectivity index (χ0v) is 16.7. The molecule has 0 saturated carbocycles. The van der Waals surface area contributed by atoms with Crippen LogP contribution in [0.25, 0.3) is 27.8 Å². The Hall–Kier alpha value is -4.41. The number of benzene rings is 2. The third kappa shape index (κ3) is 3.73. The Balaban J connectivity index is 1.58. The minimum Gasteiger partial charge on any atom is -0.467 e. The van der Waals surface area contributed by atoms with Crippen molar-refractivity contribution in [3.8, 4) is 11.3 Å². The summed E-state index contributed by atoms with van der Waals surface area (Å²) in [4.78, 5) is 29.2. The molecule has 0 unspecified atom stereocenters. The van der Waals surface area contributed by atoms with Gasteiger partial charge in [-0.3, -0.25) is 9.59 Å². The maximum absolute atomic E-state index is 13.1. The highest BCUT2D eigenvalue weighted by Crippen LogP contribution is 2.32. The van der Waals surface area contributed by atoms with Crippen LogP contribution in [-0.4, -0.2) is 25.7 Å². The van der Waals surface area contributed by atoms with Crippen molar-refractivity contribution in [3.05, 3.63) is 88.1 Å². The Bertz CT molecular complexity index is 1550. The summed E-state index contributed by atoms with van der Waals surface area (Å²) >= 11 is 0. The zero-order chi connectivity index (χ0) is 23.2. The number of nitrogens with one attached hydrogen (secondary N) is 2. The Labute approximate surface area is 182 Å². The molecular formula is C22H14F3N5O3. The monoisotopic (exact) mass is 453 g/mol. The van der Waals surface area contributed by atoms with Crippen molar-refractivity contribution in [2.75, 3.05) is 0 Å². The SMILES string of the molecule is O=C(NCc1ccco1)c1ccc2c(=O)nc3c(-c4cccc(C(F)(F)F)c4)n[nH]n3c2c1. The van der Waals surface area contributed by atoms with Crippen molar-refractivity contribution in [3.63, 3.8) is 0 Å². The number of nitrogens with zero attached hydrogens (tertiary/aromatic N) is 3. The summed E-state index contributed by atoms with van der Waals surface area (Å²) in [7, 11) is 0. The predicted octanol–water partition coefficient (Wildman–Crippen LogP) is 3.78. The quantitative estimate of drug-likeness (QED) is 0.431. The Morgan fingerprint density at radius 3 is 2.73 bits per heavy atom. The van der Waals surface area contributed by atoms with E-state index < -0.39 is 23.2 Å². The van der Waals surface area contributed by atoms with E-state index in [0.29, 0.717) is 11.3 Å². The number of furan rings is 1. The smallest absolute Gasteiger partial charge is 0.416 e. The van der Waals surface area contributed by atoms with E-state index in [1.165, 1.54) is 41.1 Å². The molecule has 0 fully saturated rings. The number of hydrogen-bond donors (Lipinski definition) is 2. The molecule has 2 aromatic carbocycles. The van der Waals surface area contributed by atoms with Crippen molar-refractivity contribution in [2.45, 2.75) is 12.7 Å². The van der Waals surface area contributed by atoms with Crippen LogP contribution < -0.4 is 10.9 Å². The molecule has 33 heavy (non-hydrogen) atoms. The Kier molecular flexibility index (Phi) is 4.73. The number of fused-ring (bicyclic) bond motifs is 3. The van der Waals surface area contributed by atoms with Crippen molar-refractivity contribution in [1.29, 1.82) is 0 Å². The number of rotatable bonds is 4. The summed E-state index contributed by atoms with van der Waals surface area (Å²) in [6.45, 7) is 0.180. The van der Waals surface area contributed by atoms with Crippen LogP contribution in [-0.2, 0) is 12.7 Å². The molecule has 2 N–H and O–H groups in total. The first kappa shape index (κ1) is 20.5. The maximum Gasteiger partial charge on any atom is 0.416 e. The second-order valence-corrected chi connectivity index (χ2v) is 7.21. The van der Waals surface area contributed by atoms with Crippen LogP contribution in [0.5, 0.6) is 0 Å². The number of aromatic amines is 1. The number of halogens is 3. The molecular weight excluding hydrogens is 439 g/mol. The summed E-state index contributed by atoms with van der Waals surface area (Å²) in [5, 5.41) is 9.68. The van der Waals surface area contributed by atoms with Gasteiger partial charge in [0.1, 0.15) is 11.5 Å². The summed E-state index contributed by atoms with van der Waals surface area (Å²) in [5.74, 6) is 0.176. The average Bonchev–Trinajstić information content (AvgIpc) is 3.47. The highest BCUT2D eigenvalue weighted by molar-refractivity contribution is 5.98. The average molecular weight is 453 g/mol. The molecule has 0 aliphatic heterocycles. The molecule has 0 bridgehead atoms. The van der Waals surface area contributed by atoms with Gasteiger partial charge in [0.2, 0.25) is 0 Å². The van der Waals surface area contributed by atoms with Gasteiger partial charge in [-0.25, -0.2) is 9.73 Å². The van der Waals surface area contributed by atoms with Crippen molar-refractivity contribution < 1.29 is 22.4 Å². The highest BCUT2D eigenvalue weighted by Gasteiger charge is 2.31. The number of amides is 1. The Morgan fingerprint density at radius 1 is 1.12 bits per heavy atom. The van der Waals surface area contributed by atoms with E-state index >= 15 is 0 Å². The largest absolute Gasteiger partial charge is 0.467 e. The highest BCUT2D eigenvalue weighted by atomic mass is 19.4. The number of aromatic nitrogens is 4. The first-order valence-electron chi connectivity index (χ1n) is 9.70. The molecule has 8 nitrogen and oxygen atoms in total. The maximum atomic E-state index is 13.1. The molecule has 3 heterocycles. The summed E-state index contributed by atoms with van der Waals surface area (Å²) in [6.07, 6.45) is -3.04. The molecule has 5 rings (SSSR count). The van der Waals surface area contributed by atoms with Crippen LogP contribution >= 0.6 is 0 Å². The van der Waals surface area contributed by atoms with E-state index in [-0.39, 0.29) is 34.4 Å². The zero-order valence-electron chi connectivity index (χ0n) is 16.7. The molecule has 1 amide bonds. The summed E-state index contributed by atoms with van der Waals surface area (Å²) < 4.78 is 45.9. The lowest BCUT2D eigenvalue weighted by Crippen LogP contribution is -2.22. The molecule has 0 aliphatic carbocycles. The van der Waals surface area contributed by atoms with Gasteiger partial charge in [-0.15, -0.1) is 0 Å². The third-order valence-corrected chi connectivity index (χ3v) is 5.09. The minimum absolute atomic E-state index is 0.0416. The van der Waals surface area contributed by atoms with Crippen molar-refractivity contribution >= 4 is 22.5 Å². The first-order chi connectivity index (χ1) is 15.8. The molecule has 0 aliphatic rings. The standard InChI is InChI=1S/C22H14F3N5O3/c23-22(24,25)14-4-1-3-12(9-14)18-19-27-21(32)16-7-6-13(10-17(16)30(19)29-28-18)20(31)26-11-15-5-2-8-33-15/h1-10,29H,11H2,(H,26,31). The molecule has 166 valence electrons. The van der Waals surface area contributed by atoms with Crippen LogP contribution in [0.3, 0.4) is 0 Å². The van der Waals surface area contributed by atoms with Gasteiger partial charge in [0.25, 0.3) is 11.5 Å². The number of carbonyl (C=O) groups excluding carboxylic acids is 1. The van der Waals surface area contributed by atoms with Crippen LogP contribution in [0.4, 0.5) is 13.2 Å². The van der Waals surface area contributed by atoms with Gasteiger partial charge in [0.05, 0.1) is 29.3 Å². The van der Waals surface area contributed by atoms with Gasteiger partial charge in [0.15, 0.2) is 5.65 Å². The van der Waals surface area contributed by atoms with E-state index in [1.807, 2.05) is 0 Å². The van der Waals surface area contributed by atoms with Crippen molar-refractivity contribution in [1.82, 2.24) is 25.1 Å². The van der Waals surface area contributed by atoms with Crippen LogP contribution in [0.15, 0.2) is 70.1 Å². The second-order valence-electron chi connectivity index (χ2n) is 7.21. The Morgan fingerprint density at radius 2 is 1.97 bits per heavy atom. The second kappa shape index (κ2) is 7.62. The van der Waals surface area contributed by atoms with E-state index in [4.69, 9.17) is 4.42 Å². The molecule has 0 spiro atoms. The van der Waals surface area contributed by atoms with Gasteiger partial charge in [-0.1, -0.05) is 12.1 Å². The minimum atomic E-state index is -4.53. The van der Waals surface area contributed by atoms with E-state index in [1.54, 1.807) is 12.1 Å². The fraction of sp³-hybridized carbons (Fsp3) is 0.0909. The van der Waals surface area contributed by atoms with Crippen molar-refractivity contribution in [2.24, 2.45) is 0 Å². The fourth-order valence-corrected chi connectivity index (χ4v) is 3.49. The lowest BCUT2D eigenvalue weighted by atomic mass is 10.1. The first-order valence-corrected chi connectivity index (χ1v) is 9.70. The topological polar surface area (TPSA) is 105 Å². The van der Waals surface area contributed by atoms with Crippen LogP contribution in [0.1, 0.15) is 21.7 Å². The molecule has 3 aromatic heterocycles. The van der Waals surface area contributed by atoms with Crippen LogP contribution in [0, 0.1) is 0 Å². The van der Waals surface area contributed by atoms with Gasteiger partial charge >= 0.3 is 6.18 Å². The normalized spacial score (nSPS) is 11.8. The number of H-pyrrole nitrogens is 1. The molecule has 0 atom stereocenters. The predicted molar refractivity (Wildman–Crippen MR) is 111 cm³/mol. The molecule has 11 heteroatoms. The fourth-order valence-electron chi connectivity index (χ4n) is 3.49. The molecule has 0 radical (unpaired) electrons. The number of alkyl halides is 3. The lowest BCUT2D eigenvalue weighted by Gasteiger charge is -2.08. The summed E-state index contributed by atoms with van der Waals surface area (Å²) in [5.41, 5.74) is -0.609. The summed E-state index contributed by atoms with van der Waals surface area (Å²) in [6, 6.07) is 12.4. The number of carbonyl (C=O) groups is 1. The molecule has 5 aromatic rings. The molecule has 0 saturated heterocycles. The van der Waals surface area contributed by atoms with Gasteiger partial charge in [0, 0.05) is 11.1 Å². The van der Waals surface area contributed by atoms with Gasteiger partial charge in [-0.2, -0.15) is 23.3 Å². The van der Waals surface area contributed by atoms with Crippen LogP contribution in [0.2, 0.25) is 0 Å². The van der Waals surface area contributed by atoms with Gasteiger partial charge < -0.3 is 9.73 Å². The third-order valence-electron chi connectivity index (χ3n) is 5.09. The van der Waals surface area contributed by atoms with E-state index in [2.05, 4.69) is 20.6 Å².